The van der Waals surface area contributed by atoms with Crippen LogP contribution in [0.1, 0.15) is 45.8 Å². The molecular weight excluding hydrogens is 478 g/mol. The van der Waals surface area contributed by atoms with E-state index in [0.717, 1.165) is 5.56 Å². The summed E-state index contributed by atoms with van der Waals surface area (Å²) in [5.74, 6) is -1.35. The van der Waals surface area contributed by atoms with Gasteiger partial charge in [-0.2, -0.15) is 14.6 Å². The summed E-state index contributed by atoms with van der Waals surface area (Å²) in [6.45, 7) is 3.81. The highest BCUT2D eigenvalue weighted by Crippen LogP contribution is 2.20. The summed E-state index contributed by atoms with van der Waals surface area (Å²) in [7, 11) is 0. The number of allylic oxidation sites excluding steroid dienone is 1. The monoisotopic (exact) mass is 501 g/mol. The molecule has 12 heteroatoms. The molecule has 12 nitrogen and oxygen atoms in total. The molecule has 4 aromatic rings. The molecule has 0 saturated carbocycles. The number of carbonyl (C=O) groups is 3. The lowest BCUT2D eigenvalue weighted by Crippen LogP contribution is -2.38. The van der Waals surface area contributed by atoms with Gasteiger partial charge in [-0.25, -0.2) is 14.8 Å². The Hall–Kier alpha value is -4.87. The van der Waals surface area contributed by atoms with Crippen LogP contribution in [-0.4, -0.2) is 53.5 Å². The van der Waals surface area contributed by atoms with Crippen LogP contribution in [0.5, 0.6) is 0 Å². The lowest BCUT2D eigenvalue weighted by Gasteiger charge is -2.23. The smallest absolute Gasteiger partial charge is 0.335 e. The van der Waals surface area contributed by atoms with E-state index in [1.54, 1.807) is 25.1 Å². The number of carboxylic acids is 1. The molecule has 5 rings (SSSR count). The minimum absolute atomic E-state index is 0.0125. The molecule has 3 heterocycles. The Bertz CT molecular complexity index is 1600. The predicted molar refractivity (Wildman–Crippen MR) is 131 cm³/mol. The van der Waals surface area contributed by atoms with Crippen LogP contribution in [-0.2, 0) is 11.3 Å². The largest absolute Gasteiger partial charge is 0.478 e. The van der Waals surface area contributed by atoms with Crippen LogP contribution in [0.2, 0.25) is 0 Å². The Morgan fingerprint density at radius 1 is 1.22 bits per heavy atom. The number of nitrogens with zero attached hydrogens (tertiary/aromatic N) is 5. The van der Waals surface area contributed by atoms with Crippen LogP contribution in [0.25, 0.3) is 16.9 Å². The molecule has 2 atom stereocenters. The first-order valence-electron chi connectivity index (χ1n) is 11.6. The number of oxazole rings is 1. The van der Waals surface area contributed by atoms with Gasteiger partial charge in [-0.1, -0.05) is 24.3 Å². The van der Waals surface area contributed by atoms with Crippen molar-refractivity contribution in [1.82, 2.24) is 35.2 Å². The van der Waals surface area contributed by atoms with Crippen molar-refractivity contribution in [2.24, 2.45) is 5.92 Å². The maximum atomic E-state index is 13.1. The molecule has 3 N–H and O–H groups in total. The number of aromatic nitrogens is 5. The molecule has 37 heavy (non-hydrogen) atoms. The second kappa shape index (κ2) is 9.64. The number of benzene rings is 1. The molecular formula is C25H23N7O5. The summed E-state index contributed by atoms with van der Waals surface area (Å²) in [5.41, 5.74) is 2.52. The SMILES string of the molecule is Cc1nc2cc(CNC(=O)c3cc(C(=O)N[C@@H](C)C4C=CC(C(=O)O)=CC4)nc4ncnn34)ccc2o1. The van der Waals surface area contributed by atoms with Gasteiger partial charge in [-0.15, -0.1) is 0 Å². The zero-order chi connectivity index (χ0) is 26.1. The first-order chi connectivity index (χ1) is 17.8. The van der Waals surface area contributed by atoms with Crippen molar-refractivity contribution < 1.29 is 23.9 Å². The number of carbonyl (C=O) groups excluding carboxylic acids is 2. The van der Waals surface area contributed by atoms with E-state index in [0.29, 0.717) is 23.4 Å². The highest BCUT2D eigenvalue weighted by molar-refractivity contribution is 5.98. The fourth-order valence-electron chi connectivity index (χ4n) is 4.12. The standard InChI is InChI=1S/C25H23N7O5/c1-13(16-4-6-17(7-5-16)24(35)36)29-22(33)19-10-20(32-25(31-19)27-12-28-32)23(34)26-11-15-3-8-21-18(9-15)30-14(2)37-21/h3-4,6-10,12-13,16H,5,11H2,1-2H3,(H,26,34)(H,29,33)(H,35,36)/t13-,16?/m0/s1. The van der Waals surface area contributed by atoms with Crippen LogP contribution in [0.15, 0.2) is 58.8 Å². The minimum atomic E-state index is -0.989. The van der Waals surface area contributed by atoms with Crippen LogP contribution in [0.3, 0.4) is 0 Å². The number of aliphatic carboxylic acids is 1. The number of amides is 2. The summed E-state index contributed by atoms with van der Waals surface area (Å²) < 4.78 is 6.75. The van der Waals surface area contributed by atoms with Gasteiger partial charge in [-0.05, 0) is 31.0 Å². The van der Waals surface area contributed by atoms with Gasteiger partial charge in [0.05, 0.1) is 5.57 Å². The van der Waals surface area contributed by atoms with Gasteiger partial charge >= 0.3 is 5.97 Å². The maximum Gasteiger partial charge on any atom is 0.335 e. The van der Waals surface area contributed by atoms with E-state index in [4.69, 9.17) is 9.52 Å². The Labute approximate surface area is 210 Å². The molecule has 0 radical (unpaired) electrons. The second-order valence-electron chi connectivity index (χ2n) is 8.70. The number of carboxylic acid groups (broad SMARTS) is 1. The van der Waals surface area contributed by atoms with E-state index >= 15 is 0 Å². The maximum absolute atomic E-state index is 13.1. The molecule has 1 unspecified atom stereocenters. The molecule has 0 fully saturated rings. The van der Waals surface area contributed by atoms with E-state index in [-0.39, 0.29) is 41.2 Å². The molecule has 0 bridgehead atoms. The quantitative estimate of drug-likeness (QED) is 0.344. The molecule has 0 spiro atoms. The third-order valence-electron chi connectivity index (χ3n) is 6.11. The summed E-state index contributed by atoms with van der Waals surface area (Å²) in [5, 5.41) is 18.9. The Kier molecular flexibility index (Phi) is 6.22. The van der Waals surface area contributed by atoms with Crippen molar-refractivity contribution in [2.75, 3.05) is 0 Å². The van der Waals surface area contributed by atoms with Crippen molar-refractivity contribution in [3.05, 3.63) is 77.2 Å². The number of aryl methyl sites for hydroxylation is 1. The Morgan fingerprint density at radius 3 is 2.81 bits per heavy atom. The molecule has 3 aromatic heterocycles. The van der Waals surface area contributed by atoms with Crippen molar-refractivity contribution >= 4 is 34.7 Å². The van der Waals surface area contributed by atoms with Crippen molar-refractivity contribution in [2.45, 2.75) is 32.9 Å². The summed E-state index contributed by atoms with van der Waals surface area (Å²) in [6.07, 6.45) is 6.65. The first kappa shape index (κ1) is 23.9. The molecule has 0 aliphatic heterocycles. The van der Waals surface area contributed by atoms with Gasteiger partial charge in [0.1, 0.15) is 23.2 Å². The van der Waals surface area contributed by atoms with E-state index in [1.807, 2.05) is 19.1 Å². The van der Waals surface area contributed by atoms with Crippen molar-refractivity contribution in [3.63, 3.8) is 0 Å². The summed E-state index contributed by atoms with van der Waals surface area (Å²) >= 11 is 0. The number of hydrogen-bond donors (Lipinski definition) is 3. The molecule has 1 aromatic carbocycles. The summed E-state index contributed by atoms with van der Waals surface area (Å²) in [6, 6.07) is 6.51. The third kappa shape index (κ3) is 4.94. The predicted octanol–water partition coefficient (Wildman–Crippen LogP) is 2.21. The number of nitrogens with one attached hydrogen (secondary N) is 2. The van der Waals surface area contributed by atoms with Crippen molar-refractivity contribution in [3.8, 4) is 0 Å². The zero-order valence-corrected chi connectivity index (χ0v) is 20.0. The number of hydrogen-bond acceptors (Lipinski definition) is 8. The number of rotatable bonds is 7. The highest BCUT2D eigenvalue weighted by atomic mass is 16.4. The normalized spacial score (nSPS) is 15.9. The van der Waals surface area contributed by atoms with Crippen LogP contribution in [0.4, 0.5) is 0 Å². The van der Waals surface area contributed by atoms with Gasteiger partial charge < -0.3 is 20.2 Å². The fourth-order valence-corrected chi connectivity index (χ4v) is 4.12. The molecule has 188 valence electrons. The second-order valence-corrected chi connectivity index (χ2v) is 8.70. The van der Waals surface area contributed by atoms with E-state index in [1.165, 1.54) is 23.0 Å². The molecule has 1 aliphatic carbocycles. The van der Waals surface area contributed by atoms with Crippen molar-refractivity contribution in [1.29, 1.82) is 0 Å². The van der Waals surface area contributed by atoms with Gasteiger partial charge in [0.15, 0.2) is 11.5 Å². The fraction of sp³-hybridized carbons (Fsp3) is 0.240. The lowest BCUT2D eigenvalue weighted by molar-refractivity contribution is -0.132. The highest BCUT2D eigenvalue weighted by Gasteiger charge is 2.23. The van der Waals surface area contributed by atoms with Crippen LogP contribution in [0, 0.1) is 12.8 Å². The average molecular weight is 502 g/mol. The van der Waals surface area contributed by atoms with Gasteiger partial charge in [-0.3, -0.25) is 9.59 Å². The van der Waals surface area contributed by atoms with Crippen LogP contribution >= 0.6 is 0 Å². The lowest BCUT2D eigenvalue weighted by atomic mass is 9.91. The van der Waals surface area contributed by atoms with E-state index in [2.05, 4.69) is 30.7 Å². The number of fused-ring (bicyclic) bond motifs is 2. The third-order valence-corrected chi connectivity index (χ3v) is 6.11. The van der Waals surface area contributed by atoms with E-state index in [9.17, 15) is 14.4 Å². The topological polar surface area (TPSA) is 165 Å². The van der Waals surface area contributed by atoms with Crippen LogP contribution < -0.4 is 10.6 Å². The van der Waals surface area contributed by atoms with Gasteiger partial charge in [0, 0.05) is 31.5 Å². The van der Waals surface area contributed by atoms with Gasteiger partial charge in [0.25, 0.3) is 17.6 Å². The molecule has 0 saturated heterocycles. The Balaban J connectivity index is 1.30. The molecule has 1 aliphatic rings. The molecule has 2 amide bonds. The van der Waals surface area contributed by atoms with E-state index < -0.39 is 17.8 Å². The zero-order valence-electron chi connectivity index (χ0n) is 20.0. The van der Waals surface area contributed by atoms with Gasteiger partial charge in [0.2, 0.25) is 0 Å². The first-order valence-corrected chi connectivity index (χ1v) is 11.6. The minimum Gasteiger partial charge on any atom is -0.478 e. The average Bonchev–Trinajstić information content (AvgIpc) is 3.51. The Morgan fingerprint density at radius 2 is 2.05 bits per heavy atom. The summed E-state index contributed by atoms with van der Waals surface area (Å²) in [4.78, 5) is 49.8.